The Bertz CT molecular complexity index is 1010. The summed E-state index contributed by atoms with van der Waals surface area (Å²) in [7, 11) is 0. The highest BCUT2D eigenvalue weighted by atomic mass is 79.9. The molecule has 0 aliphatic carbocycles. The number of rotatable bonds is 7. The number of H-pyrrole nitrogens is 1. The Morgan fingerprint density at radius 3 is 2.45 bits per heavy atom. The quantitative estimate of drug-likeness (QED) is 0.505. The third-order valence-corrected chi connectivity index (χ3v) is 5.14. The van der Waals surface area contributed by atoms with Crippen molar-refractivity contribution in [2.45, 2.75) is 33.9 Å². The molecule has 0 atom stereocenters. The maximum Gasteiger partial charge on any atom is 0.355 e. The largest absolute Gasteiger partial charge is 0.461 e. The third-order valence-electron chi connectivity index (χ3n) is 4.71. The highest BCUT2D eigenvalue weighted by molar-refractivity contribution is 9.10. The number of furan rings is 1. The molecular formula is C22H23BrN2O4. The van der Waals surface area contributed by atoms with Crippen LogP contribution in [0.25, 0.3) is 0 Å². The van der Waals surface area contributed by atoms with Crippen LogP contribution in [0.15, 0.2) is 51.6 Å². The van der Waals surface area contributed by atoms with Crippen LogP contribution in [0.5, 0.6) is 0 Å². The maximum atomic E-state index is 13.1. The van der Waals surface area contributed by atoms with Crippen molar-refractivity contribution in [3.8, 4) is 0 Å². The summed E-state index contributed by atoms with van der Waals surface area (Å²) in [6.07, 6.45) is 0. The summed E-state index contributed by atoms with van der Waals surface area (Å²) in [6.45, 7) is 6.57. The highest BCUT2D eigenvalue weighted by Gasteiger charge is 2.24. The predicted octanol–water partition coefficient (Wildman–Crippen LogP) is 5.01. The van der Waals surface area contributed by atoms with Gasteiger partial charge in [0.25, 0.3) is 5.91 Å². The van der Waals surface area contributed by atoms with Crippen LogP contribution in [0.1, 0.15) is 50.4 Å². The molecule has 2 aromatic heterocycles. The van der Waals surface area contributed by atoms with E-state index in [1.165, 1.54) is 0 Å². The summed E-state index contributed by atoms with van der Waals surface area (Å²) in [6, 6.07) is 13.1. The molecule has 152 valence electrons. The van der Waals surface area contributed by atoms with Gasteiger partial charge in [-0.25, -0.2) is 4.79 Å². The van der Waals surface area contributed by atoms with Crippen LogP contribution in [-0.2, 0) is 17.8 Å². The fourth-order valence-corrected chi connectivity index (χ4v) is 3.52. The van der Waals surface area contributed by atoms with E-state index in [1.807, 2.05) is 44.2 Å². The average molecular weight is 459 g/mol. The molecule has 0 saturated heterocycles. The molecule has 6 nitrogen and oxygen atoms in total. The number of benzene rings is 1. The lowest BCUT2D eigenvalue weighted by Crippen LogP contribution is -2.30. The van der Waals surface area contributed by atoms with Gasteiger partial charge in [0.2, 0.25) is 0 Å². The number of aromatic amines is 1. The number of aryl methyl sites for hydroxylation is 1. The van der Waals surface area contributed by atoms with E-state index in [1.54, 1.807) is 24.0 Å². The second kappa shape index (κ2) is 9.13. The highest BCUT2D eigenvalue weighted by Crippen LogP contribution is 2.24. The fourth-order valence-electron chi connectivity index (χ4n) is 3.21. The Morgan fingerprint density at radius 2 is 1.83 bits per heavy atom. The van der Waals surface area contributed by atoms with E-state index in [2.05, 4.69) is 20.9 Å². The number of nitrogens with zero attached hydrogens (tertiary/aromatic N) is 1. The van der Waals surface area contributed by atoms with Gasteiger partial charge in [0, 0.05) is 18.8 Å². The van der Waals surface area contributed by atoms with Gasteiger partial charge in [0.15, 0.2) is 10.4 Å². The fraction of sp³-hybridized carbons (Fsp3) is 0.273. The molecule has 0 aliphatic rings. The molecule has 0 aliphatic heterocycles. The van der Waals surface area contributed by atoms with Crippen molar-refractivity contribution >= 4 is 27.8 Å². The zero-order valence-electron chi connectivity index (χ0n) is 16.6. The Morgan fingerprint density at radius 1 is 1.10 bits per heavy atom. The minimum atomic E-state index is -0.393. The second-order valence-electron chi connectivity index (χ2n) is 6.70. The van der Waals surface area contributed by atoms with Crippen LogP contribution in [0.2, 0.25) is 0 Å². The predicted molar refractivity (Wildman–Crippen MR) is 113 cm³/mol. The third kappa shape index (κ3) is 4.79. The molecule has 3 rings (SSSR count). The van der Waals surface area contributed by atoms with Gasteiger partial charge in [-0.2, -0.15) is 0 Å². The van der Waals surface area contributed by atoms with Crippen molar-refractivity contribution in [3.63, 3.8) is 0 Å². The summed E-state index contributed by atoms with van der Waals surface area (Å²) in [5.74, 6) is -0.364. The smallest absolute Gasteiger partial charge is 0.355 e. The Labute approximate surface area is 178 Å². The van der Waals surface area contributed by atoms with Gasteiger partial charge in [-0.1, -0.05) is 30.3 Å². The molecule has 1 aromatic carbocycles. The van der Waals surface area contributed by atoms with Crippen molar-refractivity contribution in [2.75, 3.05) is 6.61 Å². The van der Waals surface area contributed by atoms with Gasteiger partial charge in [-0.05, 0) is 65.5 Å². The van der Waals surface area contributed by atoms with Crippen molar-refractivity contribution in [1.82, 2.24) is 9.88 Å². The minimum absolute atomic E-state index is 0.225. The van der Waals surface area contributed by atoms with Crippen molar-refractivity contribution in [1.29, 1.82) is 0 Å². The number of esters is 1. The summed E-state index contributed by atoms with van der Waals surface area (Å²) in [5.41, 5.74) is 3.93. The first kappa shape index (κ1) is 20.9. The van der Waals surface area contributed by atoms with Gasteiger partial charge < -0.3 is 19.0 Å². The molecule has 1 N–H and O–H groups in total. The van der Waals surface area contributed by atoms with Crippen LogP contribution in [0.4, 0.5) is 0 Å². The van der Waals surface area contributed by atoms with Crippen LogP contribution in [0.3, 0.4) is 0 Å². The molecule has 2 heterocycles. The first-order chi connectivity index (χ1) is 13.9. The molecule has 0 radical (unpaired) electrons. The van der Waals surface area contributed by atoms with Gasteiger partial charge >= 0.3 is 5.97 Å². The van der Waals surface area contributed by atoms with Crippen LogP contribution in [-0.4, -0.2) is 28.4 Å². The summed E-state index contributed by atoms with van der Waals surface area (Å²) >= 11 is 3.25. The Kier molecular flexibility index (Phi) is 6.59. The van der Waals surface area contributed by atoms with E-state index >= 15 is 0 Å². The summed E-state index contributed by atoms with van der Waals surface area (Å²) in [5, 5.41) is 0. The van der Waals surface area contributed by atoms with E-state index in [-0.39, 0.29) is 11.7 Å². The number of ether oxygens (including phenoxy) is 1. The number of amides is 1. The molecule has 3 aromatic rings. The molecule has 0 fully saturated rings. The first-order valence-electron chi connectivity index (χ1n) is 9.34. The standard InChI is InChI=1S/C22H23BrN2O4/c1-4-28-22(27)20-14(2)17(15(3)24-20)13-25(12-16-8-6-5-7-9-16)21(26)18-10-11-19(23)29-18/h5-11,24H,4,12-13H2,1-3H3. The Balaban J connectivity index is 1.93. The number of hydrogen-bond donors (Lipinski definition) is 1. The first-order valence-corrected chi connectivity index (χ1v) is 10.1. The Hall–Kier alpha value is -2.80. The number of carbonyl (C=O) groups excluding carboxylic acids is 2. The number of aromatic nitrogens is 1. The molecule has 1 amide bonds. The molecule has 0 unspecified atom stereocenters. The lowest BCUT2D eigenvalue weighted by molar-refractivity contribution is 0.0519. The van der Waals surface area contributed by atoms with Gasteiger partial charge in [0.1, 0.15) is 5.69 Å². The van der Waals surface area contributed by atoms with E-state index in [9.17, 15) is 9.59 Å². The van der Waals surface area contributed by atoms with E-state index in [0.717, 1.165) is 22.4 Å². The maximum absolute atomic E-state index is 13.1. The normalized spacial score (nSPS) is 10.8. The lowest BCUT2D eigenvalue weighted by atomic mass is 10.1. The summed E-state index contributed by atoms with van der Waals surface area (Å²) < 4.78 is 11.1. The van der Waals surface area contributed by atoms with Crippen LogP contribution in [0, 0.1) is 13.8 Å². The molecule has 0 saturated carbocycles. The molecule has 0 bridgehead atoms. The van der Waals surface area contributed by atoms with E-state index < -0.39 is 5.97 Å². The number of carbonyl (C=O) groups is 2. The minimum Gasteiger partial charge on any atom is -0.461 e. The number of nitrogens with one attached hydrogen (secondary N) is 1. The monoisotopic (exact) mass is 458 g/mol. The SMILES string of the molecule is CCOC(=O)c1[nH]c(C)c(CN(Cc2ccccc2)C(=O)c2ccc(Br)o2)c1C. The zero-order valence-corrected chi connectivity index (χ0v) is 18.2. The molecule has 0 spiro atoms. The molecule has 29 heavy (non-hydrogen) atoms. The van der Waals surface area contributed by atoms with Crippen molar-refractivity contribution < 1.29 is 18.7 Å². The van der Waals surface area contributed by atoms with Gasteiger partial charge in [0.05, 0.1) is 6.61 Å². The lowest BCUT2D eigenvalue weighted by Gasteiger charge is -2.22. The van der Waals surface area contributed by atoms with Crippen LogP contribution >= 0.6 is 15.9 Å². The van der Waals surface area contributed by atoms with Gasteiger partial charge in [-0.15, -0.1) is 0 Å². The summed E-state index contributed by atoms with van der Waals surface area (Å²) in [4.78, 5) is 30.2. The van der Waals surface area contributed by atoms with Crippen LogP contribution < -0.4 is 0 Å². The number of hydrogen-bond acceptors (Lipinski definition) is 4. The van der Waals surface area contributed by atoms with E-state index in [4.69, 9.17) is 9.15 Å². The van der Waals surface area contributed by atoms with E-state index in [0.29, 0.717) is 30.1 Å². The average Bonchev–Trinajstić information content (AvgIpc) is 3.26. The van der Waals surface area contributed by atoms with Crippen molar-refractivity contribution in [2.24, 2.45) is 0 Å². The topological polar surface area (TPSA) is 75.5 Å². The molecular weight excluding hydrogens is 436 g/mol. The second-order valence-corrected chi connectivity index (χ2v) is 7.48. The van der Waals surface area contributed by atoms with Gasteiger partial charge in [-0.3, -0.25) is 4.79 Å². The van der Waals surface area contributed by atoms with Crippen molar-refractivity contribution in [3.05, 3.63) is 81.0 Å². The molecule has 7 heteroatoms. The number of halogens is 1. The zero-order chi connectivity index (χ0) is 21.0.